The zero-order chi connectivity index (χ0) is 12.6. The Kier molecular flexibility index (Phi) is 3.76. The Labute approximate surface area is 121 Å². The van der Waals surface area contributed by atoms with Crippen molar-refractivity contribution in [1.82, 2.24) is 4.98 Å². The lowest BCUT2D eigenvalue weighted by Gasteiger charge is -2.00. The molecule has 1 heterocycles. The topological polar surface area (TPSA) is 32.9 Å². The van der Waals surface area contributed by atoms with Crippen LogP contribution in [0.3, 0.4) is 0 Å². The molecule has 2 rings (SSSR count). The molecule has 0 fully saturated rings. The first-order valence-corrected chi connectivity index (χ1v) is 6.81. The highest BCUT2D eigenvalue weighted by Gasteiger charge is 2.17. The van der Waals surface area contributed by atoms with Gasteiger partial charge in [0, 0.05) is 10.6 Å². The van der Waals surface area contributed by atoms with Crippen LogP contribution in [0.4, 0.5) is 0 Å². The normalized spacial score (nSPS) is 10.6. The first kappa shape index (κ1) is 12.9. The third-order valence-electron chi connectivity index (χ3n) is 2.47. The van der Waals surface area contributed by atoms with Crippen LogP contribution < -0.4 is 0 Å². The summed E-state index contributed by atoms with van der Waals surface area (Å²) >= 11 is 12.5. The van der Waals surface area contributed by atoms with Crippen LogP contribution in [0.1, 0.15) is 21.6 Å². The molecule has 0 amide bonds. The molecule has 1 N–H and O–H groups in total. The molecule has 1 aromatic carbocycles. The molecule has 0 spiro atoms. The van der Waals surface area contributed by atoms with Gasteiger partial charge in [0.25, 0.3) is 0 Å². The fourth-order valence-electron chi connectivity index (χ4n) is 1.51. The predicted octanol–water partition coefficient (Wildman–Crippen LogP) is 4.73. The summed E-state index contributed by atoms with van der Waals surface area (Å²) in [5, 5.41) is 0.618. The molecule has 0 atom stereocenters. The number of aromatic nitrogens is 1. The van der Waals surface area contributed by atoms with Crippen molar-refractivity contribution in [1.29, 1.82) is 0 Å². The minimum atomic E-state index is -0.0504. The number of halogens is 3. The Morgan fingerprint density at radius 3 is 2.29 bits per heavy atom. The largest absolute Gasteiger partial charge is 0.345 e. The summed E-state index contributed by atoms with van der Waals surface area (Å²) in [5.74, 6) is -0.0504. The minimum Gasteiger partial charge on any atom is -0.345 e. The molecule has 0 saturated carbocycles. The molecule has 0 unspecified atom stereocenters. The van der Waals surface area contributed by atoms with E-state index in [4.69, 9.17) is 11.6 Å². The highest BCUT2D eigenvalue weighted by Crippen LogP contribution is 2.29. The van der Waals surface area contributed by atoms with Crippen LogP contribution in [0.15, 0.2) is 33.3 Å². The van der Waals surface area contributed by atoms with Crippen LogP contribution in [0, 0.1) is 6.92 Å². The van der Waals surface area contributed by atoms with Gasteiger partial charge in [-0.05, 0) is 68.6 Å². The van der Waals surface area contributed by atoms with Gasteiger partial charge in [0.15, 0.2) is 0 Å². The van der Waals surface area contributed by atoms with Crippen molar-refractivity contribution in [2.75, 3.05) is 0 Å². The monoisotopic (exact) mass is 375 g/mol. The summed E-state index contributed by atoms with van der Waals surface area (Å²) in [6.07, 6.45) is 0. The van der Waals surface area contributed by atoms with Crippen molar-refractivity contribution < 1.29 is 4.79 Å². The van der Waals surface area contributed by atoms with Gasteiger partial charge in [0.1, 0.15) is 0 Å². The van der Waals surface area contributed by atoms with Gasteiger partial charge >= 0.3 is 0 Å². The number of benzene rings is 1. The van der Waals surface area contributed by atoms with Crippen LogP contribution in [-0.2, 0) is 0 Å². The highest BCUT2D eigenvalue weighted by atomic mass is 79.9. The second-order valence-electron chi connectivity index (χ2n) is 3.59. The number of hydrogen-bond donors (Lipinski definition) is 1. The van der Waals surface area contributed by atoms with E-state index in [1.54, 1.807) is 24.3 Å². The molecule has 0 bridgehead atoms. The van der Waals surface area contributed by atoms with Crippen LogP contribution in [-0.4, -0.2) is 10.8 Å². The molecule has 17 heavy (non-hydrogen) atoms. The zero-order valence-corrected chi connectivity index (χ0v) is 12.8. The molecular weight excluding hydrogens is 369 g/mol. The lowest BCUT2D eigenvalue weighted by Crippen LogP contribution is -2.03. The van der Waals surface area contributed by atoms with Gasteiger partial charge in [0.2, 0.25) is 5.78 Å². The minimum absolute atomic E-state index is 0.0504. The molecule has 5 heteroatoms. The third kappa shape index (κ3) is 2.49. The van der Waals surface area contributed by atoms with Crippen LogP contribution >= 0.6 is 43.5 Å². The molecule has 88 valence electrons. The summed E-state index contributed by atoms with van der Waals surface area (Å²) in [4.78, 5) is 15.2. The molecule has 1 aromatic heterocycles. The Balaban J connectivity index is 2.44. The molecule has 0 aliphatic carbocycles. The van der Waals surface area contributed by atoms with E-state index in [9.17, 15) is 4.79 Å². The van der Waals surface area contributed by atoms with Crippen molar-refractivity contribution in [2.24, 2.45) is 0 Å². The first-order valence-electron chi connectivity index (χ1n) is 4.84. The van der Waals surface area contributed by atoms with Gasteiger partial charge in [-0.2, -0.15) is 0 Å². The number of nitrogens with one attached hydrogen (secondary N) is 1. The van der Waals surface area contributed by atoms with E-state index in [1.165, 1.54) is 0 Å². The molecule has 0 saturated heterocycles. The fraction of sp³-hybridized carbons (Fsp3) is 0.0833. The van der Waals surface area contributed by atoms with E-state index in [-0.39, 0.29) is 5.78 Å². The molecule has 0 radical (unpaired) electrons. The first-order chi connectivity index (χ1) is 8.00. The number of carbonyl (C=O) groups excluding carboxylic acids is 1. The molecule has 2 aromatic rings. The van der Waals surface area contributed by atoms with E-state index < -0.39 is 0 Å². The standard InChI is InChI=1S/C12H8Br2ClNO/c1-6-9(13)12(14)16-10(6)11(17)7-2-4-8(15)5-3-7/h2-5,16H,1H3. The summed E-state index contributed by atoms with van der Waals surface area (Å²) in [7, 11) is 0. The van der Waals surface area contributed by atoms with E-state index in [0.29, 0.717) is 16.3 Å². The van der Waals surface area contributed by atoms with E-state index >= 15 is 0 Å². The second-order valence-corrected chi connectivity index (χ2v) is 5.61. The Morgan fingerprint density at radius 2 is 1.82 bits per heavy atom. The van der Waals surface area contributed by atoms with Gasteiger partial charge in [0.05, 0.1) is 14.8 Å². The van der Waals surface area contributed by atoms with Gasteiger partial charge in [-0.1, -0.05) is 11.6 Å². The van der Waals surface area contributed by atoms with Gasteiger partial charge in [-0.3, -0.25) is 4.79 Å². The summed E-state index contributed by atoms with van der Waals surface area (Å²) in [6, 6.07) is 6.84. The Hall–Kier alpha value is -0.580. The maximum absolute atomic E-state index is 12.2. The third-order valence-corrected chi connectivity index (χ3v) is 4.84. The number of rotatable bonds is 2. The molecular formula is C12H8Br2ClNO. The van der Waals surface area contributed by atoms with Crippen LogP contribution in [0.25, 0.3) is 0 Å². The van der Waals surface area contributed by atoms with E-state index in [1.807, 2.05) is 6.92 Å². The Morgan fingerprint density at radius 1 is 1.24 bits per heavy atom. The van der Waals surface area contributed by atoms with Gasteiger partial charge in [-0.25, -0.2) is 0 Å². The van der Waals surface area contributed by atoms with Crippen LogP contribution in [0.5, 0.6) is 0 Å². The smallest absolute Gasteiger partial charge is 0.209 e. The fourth-order valence-corrected chi connectivity index (χ4v) is 2.42. The van der Waals surface area contributed by atoms with Crippen molar-refractivity contribution in [2.45, 2.75) is 6.92 Å². The predicted molar refractivity (Wildman–Crippen MR) is 75.8 cm³/mol. The summed E-state index contributed by atoms with van der Waals surface area (Å²) < 4.78 is 1.64. The number of aromatic amines is 1. The van der Waals surface area contributed by atoms with Gasteiger partial charge in [-0.15, -0.1) is 0 Å². The van der Waals surface area contributed by atoms with Gasteiger partial charge < -0.3 is 4.98 Å². The Bertz CT molecular complexity index is 575. The number of ketones is 1. The molecule has 2 nitrogen and oxygen atoms in total. The summed E-state index contributed by atoms with van der Waals surface area (Å²) in [5.41, 5.74) is 2.07. The lowest BCUT2D eigenvalue weighted by molar-refractivity contribution is 0.103. The average molecular weight is 377 g/mol. The van der Waals surface area contributed by atoms with E-state index in [0.717, 1.165) is 14.6 Å². The summed E-state index contributed by atoms with van der Waals surface area (Å²) in [6.45, 7) is 1.88. The van der Waals surface area contributed by atoms with Crippen molar-refractivity contribution in [3.8, 4) is 0 Å². The SMILES string of the molecule is Cc1c(C(=O)c2ccc(Cl)cc2)[nH]c(Br)c1Br. The highest BCUT2D eigenvalue weighted by molar-refractivity contribution is 9.13. The number of H-pyrrole nitrogens is 1. The maximum Gasteiger partial charge on any atom is 0.209 e. The average Bonchev–Trinajstić information content (AvgIpc) is 2.57. The van der Waals surface area contributed by atoms with Crippen molar-refractivity contribution in [3.05, 3.63) is 55.2 Å². The van der Waals surface area contributed by atoms with Crippen molar-refractivity contribution in [3.63, 3.8) is 0 Å². The number of hydrogen-bond acceptors (Lipinski definition) is 1. The lowest BCUT2D eigenvalue weighted by atomic mass is 10.1. The number of carbonyl (C=O) groups is 1. The maximum atomic E-state index is 12.2. The van der Waals surface area contributed by atoms with E-state index in [2.05, 4.69) is 36.8 Å². The second kappa shape index (κ2) is 4.96. The molecule has 0 aliphatic heterocycles. The zero-order valence-electron chi connectivity index (χ0n) is 8.85. The molecule has 0 aliphatic rings. The van der Waals surface area contributed by atoms with Crippen molar-refractivity contribution >= 4 is 49.2 Å². The quantitative estimate of drug-likeness (QED) is 0.754. The van der Waals surface area contributed by atoms with Crippen LogP contribution in [0.2, 0.25) is 5.02 Å².